The maximum atomic E-state index is 5.44. The van der Waals surface area contributed by atoms with Crippen LogP contribution in [0.1, 0.15) is 40.0 Å². The summed E-state index contributed by atoms with van der Waals surface area (Å²) in [6.45, 7) is 7.18. The summed E-state index contributed by atoms with van der Waals surface area (Å²) in [7, 11) is 0. The van der Waals surface area contributed by atoms with Crippen molar-refractivity contribution in [1.29, 1.82) is 0 Å². The SMILES string of the molecule is CCCC(CC)C/N=C(\C)N. The summed E-state index contributed by atoms with van der Waals surface area (Å²) in [5.74, 6) is 1.44. The molecule has 0 rings (SSSR count). The van der Waals surface area contributed by atoms with Gasteiger partial charge in [0, 0.05) is 6.54 Å². The molecule has 0 heterocycles. The molecule has 0 bridgehead atoms. The molecule has 0 aromatic rings. The average Bonchev–Trinajstić information content (AvgIpc) is 1.97. The molecule has 0 saturated carbocycles. The zero-order chi connectivity index (χ0) is 8.69. The van der Waals surface area contributed by atoms with Crippen molar-refractivity contribution >= 4 is 5.84 Å². The minimum absolute atomic E-state index is 0.708. The van der Waals surface area contributed by atoms with Crippen LogP contribution in [-0.4, -0.2) is 12.4 Å². The number of amidine groups is 1. The summed E-state index contributed by atoms with van der Waals surface area (Å²) >= 11 is 0. The van der Waals surface area contributed by atoms with Gasteiger partial charge < -0.3 is 5.73 Å². The van der Waals surface area contributed by atoms with E-state index in [1.165, 1.54) is 19.3 Å². The normalized spacial score (nSPS) is 15.0. The highest BCUT2D eigenvalue weighted by atomic mass is 14.8. The zero-order valence-corrected chi connectivity index (χ0v) is 7.93. The van der Waals surface area contributed by atoms with Crippen molar-refractivity contribution in [2.75, 3.05) is 6.54 Å². The minimum atomic E-state index is 0.708. The Balaban J connectivity index is 3.60. The monoisotopic (exact) mass is 156 g/mol. The van der Waals surface area contributed by atoms with E-state index in [2.05, 4.69) is 18.8 Å². The molecule has 66 valence electrons. The van der Waals surface area contributed by atoms with Crippen molar-refractivity contribution < 1.29 is 0 Å². The fourth-order valence-electron chi connectivity index (χ4n) is 1.11. The first kappa shape index (κ1) is 10.5. The number of nitrogens with zero attached hydrogens (tertiary/aromatic N) is 1. The van der Waals surface area contributed by atoms with Crippen molar-refractivity contribution in [3.63, 3.8) is 0 Å². The molecule has 0 aliphatic carbocycles. The summed E-state index contributed by atoms with van der Waals surface area (Å²) in [5, 5.41) is 0. The molecule has 1 unspecified atom stereocenters. The van der Waals surface area contributed by atoms with Gasteiger partial charge in [-0.1, -0.05) is 26.7 Å². The number of hydrogen-bond acceptors (Lipinski definition) is 1. The van der Waals surface area contributed by atoms with Gasteiger partial charge in [-0.05, 0) is 19.3 Å². The van der Waals surface area contributed by atoms with Crippen LogP contribution in [-0.2, 0) is 0 Å². The van der Waals surface area contributed by atoms with E-state index in [0.717, 1.165) is 12.5 Å². The van der Waals surface area contributed by atoms with Crippen LogP contribution in [0.25, 0.3) is 0 Å². The third-order valence-electron chi connectivity index (χ3n) is 1.87. The van der Waals surface area contributed by atoms with Crippen molar-refractivity contribution in [3.05, 3.63) is 0 Å². The molecule has 2 nitrogen and oxygen atoms in total. The maximum Gasteiger partial charge on any atom is 0.0905 e. The summed E-state index contributed by atoms with van der Waals surface area (Å²) in [4.78, 5) is 4.21. The fraction of sp³-hybridized carbons (Fsp3) is 0.889. The van der Waals surface area contributed by atoms with E-state index in [9.17, 15) is 0 Å². The topological polar surface area (TPSA) is 38.4 Å². The van der Waals surface area contributed by atoms with Gasteiger partial charge in [-0.15, -0.1) is 0 Å². The van der Waals surface area contributed by atoms with Gasteiger partial charge in [0.15, 0.2) is 0 Å². The Morgan fingerprint density at radius 1 is 1.45 bits per heavy atom. The maximum absolute atomic E-state index is 5.44. The molecule has 0 radical (unpaired) electrons. The predicted octanol–water partition coefficient (Wildman–Crippen LogP) is 2.19. The van der Waals surface area contributed by atoms with Crippen LogP contribution in [0.2, 0.25) is 0 Å². The van der Waals surface area contributed by atoms with Crippen molar-refractivity contribution in [1.82, 2.24) is 0 Å². The molecule has 0 aromatic carbocycles. The lowest BCUT2D eigenvalue weighted by Gasteiger charge is -2.09. The van der Waals surface area contributed by atoms with Crippen LogP contribution in [0.5, 0.6) is 0 Å². The molecule has 1 atom stereocenters. The summed E-state index contributed by atoms with van der Waals surface area (Å²) < 4.78 is 0. The molecule has 0 aliphatic heterocycles. The Bertz CT molecular complexity index is 115. The Kier molecular flexibility index (Phi) is 5.90. The van der Waals surface area contributed by atoms with E-state index in [1.54, 1.807) is 0 Å². The van der Waals surface area contributed by atoms with E-state index < -0.39 is 0 Å². The number of rotatable bonds is 5. The van der Waals surface area contributed by atoms with E-state index in [-0.39, 0.29) is 0 Å². The first-order chi connectivity index (χ1) is 5.20. The molecule has 11 heavy (non-hydrogen) atoms. The molecule has 0 spiro atoms. The molecular weight excluding hydrogens is 136 g/mol. The fourth-order valence-corrected chi connectivity index (χ4v) is 1.11. The minimum Gasteiger partial charge on any atom is -0.388 e. The first-order valence-corrected chi connectivity index (χ1v) is 4.47. The largest absolute Gasteiger partial charge is 0.388 e. The second-order valence-corrected chi connectivity index (χ2v) is 3.05. The van der Waals surface area contributed by atoms with Gasteiger partial charge in [-0.2, -0.15) is 0 Å². The Hall–Kier alpha value is -0.530. The second-order valence-electron chi connectivity index (χ2n) is 3.05. The molecule has 2 heteroatoms. The van der Waals surface area contributed by atoms with Gasteiger partial charge in [-0.3, -0.25) is 4.99 Å². The van der Waals surface area contributed by atoms with E-state index >= 15 is 0 Å². The van der Waals surface area contributed by atoms with Crippen LogP contribution >= 0.6 is 0 Å². The standard InChI is InChI=1S/C9H20N2/c1-4-6-9(5-2)7-11-8(3)10/h9H,4-7H2,1-3H3,(H2,10,11). The third kappa shape index (κ3) is 5.89. The number of nitrogens with two attached hydrogens (primary N) is 1. The predicted molar refractivity (Wildman–Crippen MR) is 50.9 cm³/mol. The first-order valence-electron chi connectivity index (χ1n) is 4.47. The molecule has 0 saturated heterocycles. The van der Waals surface area contributed by atoms with Gasteiger partial charge in [0.2, 0.25) is 0 Å². The smallest absolute Gasteiger partial charge is 0.0905 e. The van der Waals surface area contributed by atoms with Gasteiger partial charge >= 0.3 is 0 Å². The van der Waals surface area contributed by atoms with Crippen LogP contribution < -0.4 is 5.73 Å². The summed E-state index contributed by atoms with van der Waals surface area (Å²) in [6.07, 6.45) is 3.73. The molecule has 0 aromatic heterocycles. The van der Waals surface area contributed by atoms with Crippen molar-refractivity contribution in [3.8, 4) is 0 Å². The number of hydrogen-bond donors (Lipinski definition) is 1. The molecule has 0 fully saturated rings. The lowest BCUT2D eigenvalue weighted by Crippen LogP contribution is -2.10. The molecule has 2 N–H and O–H groups in total. The van der Waals surface area contributed by atoms with Crippen LogP contribution in [0.4, 0.5) is 0 Å². The van der Waals surface area contributed by atoms with Gasteiger partial charge in [0.25, 0.3) is 0 Å². The Morgan fingerprint density at radius 3 is 2.45 bits per heavy atom. The van der Waals surface area contributed by atoms with Crippen molar-refractivity contribution in [2.24, 2.45) is 16.6 Å². The van der Waals surface area contributed by atoms with Gasteiger partial charge in [0.1, 0.15) is 0 Å². The van der Waals surface area contributed by atoms with Gasteiger partial charge in [0.05, 0.1) is 5.84 Å². The molecule has 0 amide bonds. The molecule has 0 aliphatic rings. The molecular formula is C9H20N2. The lowest BCUT2D eigenvalue weighted by atomic mass is 10.0. The summed E-state index contributed by atoms with van der Waals surface area (Å²) in [6, 6.07) is 0. The number of aliphatic imine (C=N–C) groups is 1. The Morgan fingerprint density at radius 2 is 2.09 bits per heavy atom. The Labute approximate surface area is 69.9 Å². The lowest BCUT2D eigenvalue weighted by molar-refractivity contribution is 0.476. The van der Waals surface area contributed by atoms with E-state index in [0.29, 0.717) is 5.84 Å². The third-order valence-corrected chi connectivity index (χ3v) is 1.87. The average molecular weight is 156 g/mol. The summed E-state index contributed by atoms with van der Waals surface area (Å²) in [5.41, 5.74) is 5.44. The van der Waals surface area contributed by atoms with Crippen LogP contribution in [0.3, 0.4) is 0 Å². The van der Waals surface area contributed by atoms with E-state index in [4.69, 9.17) is 5.73 Å². The second kappa shape index (κ2) is 6.20. The highest BCUT2D eigenvalue weighted by Gasteiger charge is 2.02. The van der Waals surface area contributed by atoms with Crippen LogP contribution in [0, 0.1) is 5.92 Å². The van der Waals surface area contributed by atoms with Gasteiger partial charge in [-0.25, -0.2) is 0 Å². The zero-order valence-electron chi connectivity index (χ0n) is 7.93. The highest BCUT2D eigenvalue weighted by molar-refractivity contribution is 5.77. The quantitative estimate of drug-likeness (QED) is 0.481. The van der Waals surface area contributed by atoms with Crippen molar-refractivity contribution in [2.45, 2.75) is 40.0 Å². The highest BCUT2D eigenvalue weighted by Crippen LogP contribution is 2.10. The van der Waals surface area contributed by atoms with E-state index in [1.807, 2.05) is 6.92 Å². The van der Waals surface area contributed by atoms with Crippen LogP contribution in [0.15, 0.2) is 4.99 Å².